The molecule has 0 amide bonds. The monoisotopic (exact) mass is 441 g/mol. The molecule has 0 spiro atoms. The molecule has 1 aliphatic heterocycles. The van der Waals surface area contributed by atoms with E-state index in [4.69, 9.17) is 18.9 Å². The summed E-state index contributed by atoms with van der Waals surface area (Å²) in [6.45, 7) is 8.55. The van der Waals surface area contributed by atoms with Crippen molar-refractivity contribution in [3.8, 4) is 11.5 Å². The zero-order valence-electron chi connectivity index (χ0n) is 19.8. The van der Waals surface area contributed by atoms with E-state index in [-0.39, 0.29) is 11.7 Å². The second-order valence-corrected chi connectivity index (χ2v) is 10.7. The molecule has 5 unspecified atom stereocenters. The summed E-state index contributed by atoms with van der Waals surface area (Å²) in [5.74, 6) is 3.75. The van der Waals surface area contributed by atoms with Crippen LogP contribution in [-0.4, -0.2) is 37.7 Å². The van der Waals surface area contributed by atoms with Gasteiger partial charge in [0.1, 0.15) is 11.5 Å². The molecule has 0 radical (unpaired) electrons. The van der Waals surface area contributed by atoms with E-state index in [0.29, 0.717) is 36.4 Å². The maximum Gasteiger partial charge on any atom is 0.160 e. The fourth-order valence-electron chi connectivity index (χ4n) is 7.26. The van der Waals surface area contributed by atoms with Gasteiger partial charge in [-0.2, -0.15) is 0 Å². The van der Waals surface area contributed by atoms with E-state index in [1.807, 2.05) is 6.07 Å². The lowest BCUT2D eigenvalue weighted by molar-refractivity contribution is -0.284. The van der Waals surface area contributed by atoms with Crippen LogP contribution in [0.5, 0.6) is 11.5 Å². The van der Waals surface area contributed by atoms with E-state index < -0.39 is 0 Å². The molecule has 5 heteroatoms. The summed E-state index contributed by atoms with van der Waals surface area (Å²) in [6.07, 6.45) is 14.8. The van der Waals surface area contributed by atoms with Crippen LogP contribution in [-0.2, 0) is 9.47 Å². The number of rotatable bonds is 6. The molecule has 6 atom stereocenters. The molecule has 32 heavy (non-hydrogen) atoms. The third-order valence-electron chi connectivity index (χ3n) is 9.02. The van der Waals surface area contributed by atoms with Gasteiger partial charge in [0, 0.05) is 17.9 Å². The SMILES string of the molecule is C=C1CCC2C3CO[C@@H](C4CCCC4)OC3CCC2(C)C1CCOc1cncc(OC)c1. The van der Waals surface area contributed by atoms with E-state index in [2.05, 4.69) is 18.5 Å². The van der Waals surface area contributed by atoms with Crippen LogP contribution in [0.1, 0.15) is 64.7 Å². The molecule has 176 valence electrons. The number of nitrogens with zero attached hydrogens (tertiary/aromatic N) is 1. The highest BCUT2D eigenvalue weighted by molar-refractivity contribution is 5.28. The lowest BCUT2D eigenvalue weighted by Gasteiger charge is -2.58. The number of allylic oxidation sites excluding steroid dienone is 1. The maximum atomic E-state index is 6.60. The minimum atomic E-state index is 0.0438. The van der Waals surface area contributed by atoms with E-state index >= 15 is 0 Å². The highest BCUT2D eigenvalue weighted by Gasteiger charge is 2.54. The van der Waals surface area contributed by atoms with Crippen molar-refractivity contribution in [3.63, 3.8) is 0 Å². The van der Waals surface area contributed by atoms with Crippen molar-refractivity contribution in [2.24, 2.45) is 29.1 Å². The topological polar surface area (TPSA) is 49.8 Å². The Balaban J connectivity index is 1.23. The Labute approximate surface area is 192 Å². The van der Waals surface area contributed by atoms with Crippen LogP contribution in [0.3, 0.4) is 0 Å². The number of hydrogen-bond acceptors (Lipinski definition) is 5. The highest BCUT2D eigenvalue weighted by atomic mass is 16.7. The van der Waals surface area contributed by atoms with Gasteiger partial charge >= 0.3 is 0 Å². The molecule has 0 N–H and O–H groups in total. The summed E-state index contributed by atoms with van der Waals surface area (Å²) in [5.41, 5.74) is 1.65. The Kier molecular flexibility index (Phi) is 6.48. The molecular formula is C27H39NO4. The Hall–Kier alpha value is -1.59. The molecule has 1 saturated heterocycles. The van der Waals surface area contributed by atoms with Gasteiger partial charge in [0.05, 0.1) is 38.8 Å². The van der Waals surface area contributed by atoms with E-state index in [1.54, 1.807) is 19.5 Å². The van der Waals surface area contributed by atoms with Crippen molar-refractivity contribution >= 4 is 0 Å². The van der Waals surface area contributed by atoms with Crippen molar-refractivity contribution in [3.05, 3.63) is 30.6 Å². The van der Waals surface area contributed by atoms with Gasteiger partial charge < -0.3 is 18.9 Å². The van der Waals surface area contributed by atoms with Gasteiger partial charge in [0.25, 0.3) is 0 Å². The Bertz CT molecular complexity index is 807. The van der Waals surface area contributed by atoms with Gasteiger partial charge in [-0.15, -0.1) is 0 Å². The molecule has 4 aliphatic rings. The molecule has 5 nitrogen and oxygen atoms in total. The van der Waals surface area contributed by atoms with Crippen molar-refractivity contribution in [2.45, 2.75) is 77.1 Å². The lowest BCUT2D eigenvalue weighted by Crippen LogP contribution is -2.56. The van der Waals surface area contributed by atoms with Crippen LogP contribution in [0, 0.1) is 29.1 Å². The summed E-state index contributed by atoms with van der Waals surface area (Å²) in [4.78, 5) is 4.20. The number of pyridine rings is 1. The van der Waals surface area contributed by atoms with Crippen LogP contribution in [0.4, 0.5) is 0 Å². The quantitative estimate of drug-likeness (QED) is 0.523. The van der Waals surface area contributed by atoms with Crippen molar-refractivity contribution in [1.82, 2.24) is 4.98 Å². The molecule has 3 aliphatic carbocycles. The van der Waals surface area contributed by atoms with Gasteiger partial charge in [-0.25, -0.2) is 0 Å². The van der Waals surface area contributed by atoms with Crippen molar-refractivity contribution in [1.29, 1.82) is 0 Å². The fraction of sp³-hybridized carbons (Fsp3) is 0.741. The standard InChI is InChI=1S/C27H39NO4/c1-18-8-9-24-22-17-31-26(19-6-4-5-7-19)32-25(22)10-12-27(24,2)23(18)11-13-30-21-14-20(29-3)15-28-16-21/h14-16,19,22-26H,1,4-13,17H2,2-3H3/t22?,23?,24?,25?,26-,27?/m1/s1. The van der Waals surface area contributed by atoms with Gasteiger partial charge in [-0.05, 0) is 62.2 Å². The average Bonchev–Trinajstić information content (AvgIpc) is 3.35. The Morgan fingerprint density at radius 2 is 1.97 bits per heavy atom. The zero-order valence-corrected chi connectivity index (χ0v) is 19.8. The summed E-state index contributed by atoms with van der Waals surface area (Å²) < 4.78 is 24.3. The molecule has 0 aromatic carbocycles. The summed E-state index contributed by atoms with van der Waals surface area (Å²) in [7, 11) is 1.65. The molecule has 1 aromatic rings. The van der Waals surface area contributed by atoms with Crippen molar-refractivity contribution in [2.75, 3.05) is 20.3 Å². The molecule has 2 heterocycles. The molecular weight excluding hydrogens is 402 g/mol. The van der Waals surface area contributed by atoms with Crippen LogP contribution in [0.2, 0.25) is 0 Å². The van der Waals surface area contributed by atoms with E-state index in [1.165, 1.54) is 44.1 Å². The molecule has 1 aromatic heterocycles. The average molecular weight is 442 g/mol. The first kappa shape index (κ1) is 22.2. The first-order chi connectivity index (χ1) is 15.6. The first-order valence-electron chi connectivity index (χ1n) is 12.6. The minimum absolute atomic E-state index is 0.0438. The van der Waals surface area contributed by atoms with E-state index in [0.717, 1.165) is 37.4 Å². The molecule has 0 bridgehead atoms. The summed E-state index contributed by atoms with van der Waals surface area (Å²) >= 11 is 0. The largest absolute Gasteiger partial charge is 0.495 e. The predicted molar refractivity (Wildman–Crippen MR) is 124 cm³/mol. The predicted octanol–water partition coefficient (Wildman–Crippen LogP) is 5.79. The van der Waals surface area contributed by atoms with E-state index in [9.17, 15) is 0 Å². The zero-order chi connectivity index (χ0) is 22.1. The molecule has 5 rings (SSSR count). The van der Waals surface area contributed by atoms with Crippen molar-refractivity contribution < 1.29 is 18.9 Å². The fourth-order valence-corrected chi connectivity index (χ4v) is 7.26. The van der Waals surface area contributed by atoms with Gasteiger partial charge in [-0.3, -0.25) is 4.98 Å². The third kappa shape index (κ3) is 4.19. The summed E-state index contributed by atoms with van der Waals surface area (Å²) in [5, 5.41) is 0. The number of aromatic nitrogens is 1. The maximum absolute atomic E-state index is 6.60. The number of fused-ring (bicyclic) bond motifs is 3. The van der Waals surface area contributed by atoms with Gasteiger partial charge in [-0.1, -0.05) is 31.9 Å². The second kappa shape index (κ2) is 9.34. The number of methoxy groups -OCH3 is 1. The summed E-state index contributed by atoms with van der Waals surface area (Å²) in [6, 6.07) is 1.90. The first-order valence-corrected chi connectivity index (χ1v) is 12.6. The molecule has 3 saturated carbocycles. The Morgan fingerprint density at radius 3 is 2.78 bits per heavy atom. The third-order valence-corrected chi connectivity index (χ3v) is 9.02. The minimum Gasteiger partial charge on any atom is -0.495 e. The molecule has 4 fully saturated rings. The highest BCUT2D eigenvalue weighted by Crippen LogP contribution is 2.59. The van der Waals surface area contributed by atoms with Crippen LogP contribution in [0.15, 0.2) is 30.6 Å². The second-order valence-electron chi connectivity index (χ2n) is 10.7. The Morgan fingerprint density at radius 1 is 1.16 bits per heavy atom. The van der Waals surface area contributed by atoms with Crippen LogP contribution < -0.4 is 9.47 Å². The van der Waals surface area contributed by atoms with Gasteiger partial charge in [0.15, 0.2) is 6.29 Å². The van der Waals surface area contributed by atoms with Gasteiger partial charge in [0.2, 0.25) is 0 Å². The lowest BCUT2D eigenvalue weighted by atomic mass is 9.50. The smallest absolute Gasteiger partial charge is 0.160 e. The number of hydrogen-bond donors (Lipinski definition) is 0. The van der Waals surface area contributed by atoms with Crippen LogP contribution >= 0.6 is 0 Å². The normalized spacial score (nSPS) is 37.6. The number of ether oxygens (including phenoxy) is 4. The van der Waals surface area contributed by atoms with Crippen LogP contribution in [0.25, 0.3) is 0 Å².